The van der Waals surface area contributed by atoms with Gasteiger partial charge in [-0.2, -0.15) is 5.26 Å². The summed E-state index contributed by atoms with van der Waals surface area (Å²) in [5, 5.41) is 9.02. The molecule has 2 rings (SSSR count). The molecule has 1 N–H and O–H groups in total. The average Bonchev–Trinajstić information content (AvgIpc) is 2.73. The summed E-state index contributed by atoms with van der Waals surface area (Å²) in [5.41, 5.74) is 0.753. The van der Waals surface area contributed by atoms with E-state index in [4.69, 9.17) is 5.26 Å². The third-order valence-electron chi connectivity index (χ3n) is 3.68. The molecule has 0 aliphatic heterocycles. The molecule has 4 nitrogen and oxygen atoms in total. The number of sulfonamides is 1. The van der Waals surface area contributed by atoms with Gasteiger partial charge in [0.15, 0.2) is 0 Å². The Balaban J connectivity index is 2.35. The minimum atomic E-state index is -3.73. The van der Waals surface area contributed by atoms with E-state index in [-0.39, 0.29) is 16.9 Å². The molecule has 1 aliphatic rings. The fourth-order valence-electron chi connectivity index (χ4n) is 2.84. The number of nitriles is 1. The summed E-state index contributed by atoms with van der Waals surface area (Å²) in [6.45, 7) is 3.14. The molecule has 2 atom stereocenters. The number of hydrogen-bond donors (Lipinski definition) is 1. The molecule has 0 spiro atoms. The van der Waals surface area contributed by atoms with Gasteiger partial charge in [-0.25, -0.2) is 17.5 Å². The molecule has 108 valence electrons. The number of halogens is 1. The van der Waals surface area contributed by atoms with Gasteiger partial charge in [-0.05, 0) is 49.9 Å². The monoisotopic (exact) mass is 296 g/mol. The number of benzene rings is 1. The Morgan fingerprint density at radius 1 is 1.30 bits per heavy atom. The van der Waals surface area contributed by atoms with Crippen molar-refractivity contribution in [3.8, 4) is 6.07 Å². The number of nitrogens with zero attached hydrogens (tertiary/aromatic N) is 1. The molecule has 0 amide bonds. The average molecular weight is 296 g/mol. The Labute approximate surface area is 118 Å². The summed E-state index contributed by atoms with van der Waals surface area (Å²) < 4.78 is 40.8. The molecular weight excluding hydrogens is 279 g/mol. The van der Waals surface area contributed by atoms with Gasteiger partial charge in [0.1, 0.15) is 5.82 Å². The molecule has 0 saturated heterocycles. The lowest BCUT2D eigenvalue weighted by molar-refractivity contribution is 0.514. The van der Waals surface area contributed by atoms with Crippen LogP contribution in [0.25, 0.3) is 0 Å². The van der Waals surface area contributed by atoms with Crippen LogP contribution in [0, 0.1) is 36.9 Å². The largest absolute Gasteiger partial charge is 0.241 e. The summed E-state index contributed by atoms with van der Waals surface area (Å²) >= 11 is 0. The van der Waals surface area contributed by atoms with Gasteiger partial charge in [0.05, 0.1) is 16.9 Å². The van der Waals surface area contributed by atoms with E-state index >= 15 is 0 Å². The standard InChI is InChI=1S/C14H17FN2O2S/c1-9-6-12(15)7-10(2)14(9)20(18,19)17-13-5-3-4-11(13)8-16/h6-7,11,13,17H,3-5H2,1-2H3. The van der Waals surface area contributed by atoms with Crippen molar-refractivity contribution in [1.82, 2.24) is 4.72 Å². The van der Waals surface area contributed by atoms with Gasteiger partial charge in [-0.1, -0.05) is 6.42 Å². The highest BCUT2D eigenvalue weighted by Crippen LogP contribution is 2.28. The Morgan fingerprint density at radius 3 is 2.45 bits per heavy atom. The third kappa shape index (κ3) is 2.84. The fraction of sp³-hybridized carbons (Fsp3) is 0.500. The smallest absolute Gasteiger partial charge is 0.207 e. The predicted octanol–water partition coefficient (Wildman–Crippen LogP) is 2.41. The quantitative estimate of drug-likeness (QED) is 0.931. The Morgan fingerprint density at radius 2 is 1.90 bits per heavy atom. The van der Waals surface area contributed by atoms with Crippen molar-refractivity contribution in [2.45, 2.75) is 44.0 Å². The van der Waals surface area contributed by atoms with Crippen LogP contribution >= 0.6 is 0 Å². The van der Waals surface area contributed by atoms with E-state index in [1.54, 1.807) is 13.8 Å². The van der Waals surface area contributed by atoms with E-state index in [1.165, 1.54) is 12.1 Å². The predicted molar refractivity (Wildman–Crippen MR) is 72.9 cm³/mol. The first kappa shape index (κ1) is 14.9. The van der Waals surface area contributed by atoms with Gasteiger partial charge in [-0.15, -0.1) is 0 Å². The van der Waals surface area contributed by atoms with Crippen LogP contribution in [-0.4, -0.2) is 14.5 Å². The van der Waals surface area contributed by atoms with Crippen molar-refractivity contribution in [2.24, 2.45) is 5.92 Å². The summed E-state index contributed by atoms with van der Waals surface area (Å²) in [5.74, 6) is -0.736. The van der Waals surface area contributed by atoms with Crippen molar-refractivity contribution < 1.29 is 12.8 Å². The van der Waals surface area contributed by atoms with E-state index in [0.29, 0.717) is 24.0 Å². The van der Waals surface area contributed by atoms with Gasteiger partial charge in [0, 0.05) is 6.04 Å². The SMILES string of the molecule is Cc1cc(F)cc(C)c1S(=O)(=O)NC1CCCC1C#N. The van der Waals surface area contributed by atoms with Crippen LogP contribution in [0.1, 0.15) is 30.4 Å². The number of aryl methyl sites for hydroxylation is 2. The summed E-state index contributed by atoms with van der Waals surface area (Å²) in [7, 11) is -3.73. The number of nitrogens with one attached hydrogen (secondary N) is 1. The summed E-state index contributed by atoms with van der Waals surface area (Å²) in [6.07, 6.45) is 2.22. The Kier molecular flexibility index (Phi) is 4.11. The maximum Gasteiger partial charge on any atom is 0.241 e. The molecule has 6 heteroatoms. The highest BCUT2D eigenvalue weighted by Gasteiger charge is 2.32. The first-order valence-electron chi connectivity index (χ1n) is 6.54. The molecule has 1 fully saturated rings. The first-order valence-corrected chi connectivity index (χ1v) is 8.02. The minimum Gasteiger partial charge on any atom is -0.207 e. The lowest BCUT2D eigenvalue weighted by atomic mass is 10.1. The van der Waals surface area contributed by atoms with Gasteiger partial charge in [-0.3, -0.25) is 0 Å². The topological polar surface area (TPSA) is 70.0 Å². The second-order valence-corrected chi connectivity index (χ2v) is 6.91. The fourth-order valence-corrected chi connectivity index (χ4v) is 4.60. The van der Waals surface area contributed by atoms with Crippen molar-refractivity contribution in [2.75, 3.05) is 0 Å². The minimum absolute atomic E-state index is 0.113. The highest BCUT2D eigenvalue weighted by atomic mass is 32.2. The summed E-state index contributed by atoms with van der Waals surface area (Å²) in [6, 6.07) is 4.20. The van der Waals surface area contributed by atoms with Crippen molar-refractivity contribution in [1.29, 1.82) is 5.26 Å². The summed E-state index contributed by atoms with van der Waals surface area (Å²) in [4.78, 5) is 0.113. The molecule has 1 aromatic carbocycles. The second-order valence-electron chi connectivity index (χ2n) is 5.26. The van der Waals surface area contributed by atoms with Gasteiger partial charge in [0.2, 0.25) is 10.0 Å². The van der Waals surface area contributed by atoms with E-state index in [9.17, 15) is 12.8 Å². The maximum absolute atomic E-state index is 13.3. The van der Waals surface area contributed by atoms with Crippen molar-refractivity contribution in [3.63, 3.8) is 0 Å². The molecule has 1 aliphatic carbocycles. The molecule has 1 aromatic rings. The van der Waals surface area contributed by atoms with Gasteiger partial charge < -0.3 is 0 Å². The van der Waals surface area contributed by atoms with Crippen LogP contribution in [-0.2, 0) is 10.0 Å². The van der Waals surface area contributed by atoms with Crippen LogP contribution in [0.4, 0.5) is 4.39 Å². The number of hydrogen-bond acceptors (Lipinski definition) is 3. The first-order chi connectivity index (χ1) is 9.35. The highest BCUT2D eigenvalue weighted by molar-refractivity contribution is 7.89. The zero-order chi connectivity index (χ0) is 14.9. The molecule has 0 bridgehead atoms. The molecule has 2 unspecified atom stereocenters. The molecule has 1 saturated carbocycles. The normalized spacial score (nSPS) is 22.7. The van der Waals surface area contributed by atoms with Crippen molar-refractivity contribution >= 4 is 10.0 Å². The second kappa shape index (κ2) is 5.51. The zero-order valence-electron chi connectivity index (χ0n) is 11.5. The zero-order valence-corrected chi connectivity index (χ0v) is 12.3. The van der Waals surface area contributed by atoms with Crippen molar-refractivity contribution in [3.05, 3.63) is 29.1 Å². The van der Waals surface area contributed by atoms with E-state index in [2.05, 4.69) is 10.8 Å². The molecule has 0 radical (unpaired) electrons. The van der Waals surface area contributed by atoms with Crippen LogP contribution < -0.4 is 4.72 Å². The number of rotatable bonds is 3. The van der Waals surface area contributed by atoms with E-state index in [1.807, 2.05) is 0 Å². The van der Waals surface area contributed by atoms with Crippen LogP contribution in [0.15, 0.2) is 17.0 Å². The lowest BCUT2D eigenvalue weighted by Crippen LogP contribution is -2.37. The molecule has 20 heavy (non-hydrogen) atoms. The van der Waals surface area contributed by atoms with E-state index in [0.717, 1.165) is 6.42 Å². The van der Waals surface area contributed by atoms with E-state index < -0.39 is 15.8 Å². The third-order valence-corrected chi connectivity index (χ3v) is 5.48. The van der Waals surface area contributed by atoms with Gasteiger partial charge >= 0.3 is 0 Å². The Bertz CT molecular complexity index is 641. The molecular formula is C14H17FN2O2S. The van der Waals surface area contributed by atoms with Crippen LogP contribution in [0.5, 0.6) is 0 Å². The molecule has 0 aromatic heterocycles. The maximum atomic E-state index is 13.3. The van der Waals surface area contributed by atoms with Crippen LogP contribution in [0.2, 0.25) is 0 Å². The van der Waals surface area contributed by atoms with Gasteiger partial charge in [0.25, 0.3) is 0 Å². The Hall–Kier alpha value is -1.45. The lowest BCUT2D eigenvalue weighted by Gasteiger charge is -2.18. The van der Waals surface area contributed by atoms with Crippen LogP contribution in [0.3, 0.4) is 0 Å². The molecule has 0 heterocycles.